The van der Waals surface area contributed by atoms with Crippen molar-refractivity contribution >= 4 is 39.1 Å². The molecule has 0 bridgehead atoms. The molecular formula is C21H19N3O5S. The van der Waals surface area contributed by atoms with Crippen LogP contribution in [0.4, 0.5) is 5.69 Å². The minimum Gasteiger partial charge on any atom is -0.462 e. The molecule has 154 valence electrons. The molecule has 0 N–H and O–H groups in total. The van der Waals surface area contributed by atoms with E-state index in [0.29, 0.717) is 16.9 Å². The van der Waals surface area contributed by atoms with Crippen LogP contribution in [0.15, 0.2) is 54.0 Å². The molecule has 9 heteroatoms. The van der Waals surface area contributed by atoms with Crippen molar-refractivity contribution in [2.45, 2.75) is 20.4 Å². The molecule has 0 aliphatic heterocycles. The first kappa shape index (κ1) is 21.1. The van der Waals surface area contributed by atoms with Crippen LogP contribution < -0.4 is 4.80 Å². The van der Waals surface area contributed by atoms with Gasteiger partial charge in [-0.05, 0) is 38.1 Å². The molecule has 0 spiro atoms. The number of nitrogens with zero attached hydrogens (tertiary/aromatic N) is 3. The molecule has 0 fully saturated rings. The van der Waals surface area contributed by atoms with E-state index in [1.165, 1.54) is 36.5 Å². The van der Waals surface area contributed by atoms with Gasteiger partial charge in [0, 0.05) is 18.2 Å². The van der Waals surface area contributed by atoms with E-state index in [1.807, 2.05) is 0 Å². The zero-order valence-corrected chi connectivity index (χ0v) is 17.3. The Balaban J connectivity index is 2.13. The van der Waals surface area contributed by atoms with Gasteiger partial charge < -0.3 is 9.30 Å². The first-order valence-corrected chi connectivity index (χ1v) is 9.93. The van der Waals surface area contributed by atoms with Crippen LogP contribution in [0, 0.1) is 17.0 Å². The van der Waals surface area contributed by atoms with E-state index >= 15 is 0 Å². The Labute approximate surface area is 175 Å². The molecule has 0 unspecified atom stereocenters. The van der Waals surface area contributed by atoms with Crippen molar-refractivity contribution in [2.24, 2.45) is 4.99 Å². The van der Waals surface area contributed by atoms with Crippen LogP contribution in [-0.4, -0.2) is 28.0 Å². The van der Waals surface area contributed by atoms with E-state index in [9.17, 15) is 19.7 Å². The zero-order valence-electron chi connectivity index (χ0n) is 16.5. The quantitative estimate of drug-likeness (QED) is 0.257. The van der Waals surface area contributed by atoms with Gasteiger partial charge in [-0.15, -0.1) is 6.58 Å². The molecule has 0 saturated carbocycles. The summed E-state index contributed by atoms with van der Waals surface area (Å²) >= 11 is 1.24. The Kier molecular flexibility index (Phi) is 6.22. The van der Waals surface area contributed by atoms with Crippen molar-refractivity contribution in [1.82, 2.24) is 4.57 Å². The second kappa shape index (κ2) is 8.83. The lowest BCUT2D eigenvalue weighted by Gasteiger charge is -2.04. The summed E-state index contributed by atoms with van der Waals surface area (Å²) in [5, 5.41) is 11.2. The van der Waals surface area contributed by atoms with Crippen LogP contribution in [0.3, 0.4) is 0 Å². The summed E-state index contributed by atoms with van der Waals surface area (Å²) in [6, 6.07) is 9.44. The number of ether oxygens (including phenoxy) is 1. The molecule has 8 nitrogen and oxygen atoms in total. The fourth-order valence-corrected chi connectivity index (χ4v) is 4.08. The number of hydrogen-bond acceptors (Lipinski definition) is 6. The van der Waals surface area contributed by atoms with Gasteiger partial charge >= 0.3 is 5.97 Å². The number of nitro groups is 1. The van der Waals surface area contributed by atoms with Gasteiger partial charge in [0.1, 0.15) is 0 Å². The second-order valence-corrected chi connectivity index (χ2v) is 7.32. The fraction of sp³-hybridized carbons (Fsp3) is 0.190. The molecule has 3 rings (SSSR count). The van der Waals surface area contributed by atoms with Crippen LogP contribution in [0.1, 0.15) is 33.2 Å². The van der Waals surface area contributed by atoms with Crippen LogP contribution in [0.2, 0.25) is 0 Å². The molecule has 1 aromatic heterocycles. The number of nitro benzene ring substituents is 1. The number of benzene rings is 2. The highest BCUT2D eigenvalue weighted by atomic mass is 32.1. The third kappa shape index (κ3) is 4.06. The molecular weight excluding hydrogens is 406 g/mol. The van der Waals surface area contributed by atoms with Gasteiger partial charge in [-0.2, -0.15) is 4.99 Å². The maximum Gasteiger partial charge on any atom is 0.338 e. The van der Waals surface area contributed by atoms with E-state index in [1.54, 1.807) is 35.8 Å². The summed E-state index contributed by atoms with van der Waals surface area (Å²) in [5.41, 5.74) is 1.49. The molecule has 0 saturated heterocycles. The number of carbonyl (C=O) groups is 2. The number of carbonyl (C=O) groups excluding carboxylic acids is 2. The Hall–Kier alpha value is -3.59. The Morgan fingerprint density at radius 1 is 1.33 bits per heavy atom. The van der Waals surface area contributed by atoms with Crippen LogP contribution >= 0.6 is 11.3 Å². The number of esters is 1. The van der Waals surface area contributed by atoms with Crippen molar-refractivity contribution in [3.63, 3.8) is 0 Å². The lowest BCUT2D eigenvalue weighted by molar-refractivity contribution is -0.385. The number of rotatable bonds is 6. The summed E-state index contributed by atoms with van der Waals surface area (Å²) in [6.07, 6.45) is 1.67. The van der Waals surface area contributed by atoms with Crippen LogP contribution in [-0.2, 0) is 11.3 Å². The first-order chi connectivity index (χ1) is 14.4. The highest BCUT2D eigenvalue weighted by Gasteiger charge is 2.18. The Morgan fingerprint density at radius 3 is 2.77 bits per heavy atom. The summed E-state index contributed by atoms with van der Waals surface area (Å²) in [6.45, 7) is 7.68. The third-order valence-electron chi connectivity index (χ3n) is 4.44. The predicted octanol–water partition coefficient (Wildman–Crippen LogP) is 4.02. The lowest BCUT2D eigenvalue weighted by Crippen LogP contribution is -2.16. The van der Waals surface area contributed by atoms with Gasteiger partial charge in [-0.25, -0.2) is 4.79 Å². The van der Waals surface area contributed by atoms with Gasteiger partial charge in [0.15, 0.2) is 4.80 Å². The summed E-state index contributed by atoms with van der Waals surface area (Å²) in [4.78, 5) is 40.1. The fourth-order valence-electron chi connectivity index (χ4n) is 3.01. The van der Waals surface area contributed by atoms with Gasteiger partial charge in [-0.3, -0.25) is 14.9 Å². The minimum absolute atomic E-state index is 0.134. The maximum absolute atomic E-state index is 12.8. The van der Waals surface area contributed by atoms with Gasteiger partial charge in [0.05, 0.1) is 32.9 Å². The average molecular weight is 425 g/mol. The second-order valence-electron chi connectivity index (χ2n) is 6.31. The molecule has 3 aromatic rings. The smallest absolute Gasteiger partial charge is 0.338 e. The number of amides is 1. The molecule has 2 aromatic carbocycles. The topological polar surface area (TPSA) is 104 Å². The maximum atomic E-state index is 12.8. The number of hydrogen-bond donors (Lipinski definition) is 0. The monoisotopic (exact) mass is 425 g/mol. The Bertz CT molecular complexity index is 1240. The summed E-state index contributed by atoms with van der Waals surface area (Å²) < 4.78 is 7.59. The summed E-state index contributed by atoms with van der Waals surface area (Å²) in [7, 11) is 0. The zero-order chi connectivity index (χ0) is 21.8. The molecule has 1 heterocycles. The highest BCUT2D eigenvalue weighted by Crippen LogP contribution is 2.23. The van der Waals surface area contributed by atoms with Gasteiger partial charge in [0.25, 0.3) is 11.6 Å². The van der Waals surface area contributed by atoms with Crippen LogP contribution in [0.25, 0.3) is 10.2 Å². The average Bonchev–Trinajstić information content (AvgIpc) is 3.04. The molecule has 0 aliphatic carbocycles. The molecule has 1 amide bonds. The van der Waals surface area contributed by atoms with Gasteiger partial charge in [0.2, 0.25) is 0 Å². The number of allylic oxidation sites excluding steroid dienone is 1. The van der Waals surface area contributed by atoms with Crippen molar-refractivity contribution < 1.29 is 19.2 Å². The third-order valence-corrected chi connectivity index (χ3v) is 5.48. The normalized spacial score (nSPS) is 11.5. The Morgan fingerprint density at radius 2 is 2.10 bits per heavy atom. The molecule has 0 atom stereocenters. The number of thiazole rings is 1. The van der Waals surface area contributed by atoms with Crippen molar-refractivity contribution in [2.75, 3.05) is 6.61 Å². The largest absolute Gasteiger partial charge is 0.462 e. The predicted molar refractivity (Wildman–Crippen MR) is 114 cm³/mol. The SMILES string of the molecule is C=CCn1c(=NC(=O)c2cccc([N+](=O)[O-])c2C)sc2cc(C(=O)OCC)ccc21. The highest BCUT2D eigenvalue weighted by molar-refractivity contribution is 7.16. The van der Waals surface area contributed by atoms with E-state index < -0.39 is 16.8 Å². The molecule has 0 radical (unpaired) electrons. The lowest BCUT2D eigenvalue weighted by atomic mass is 10.1. The van der Waals surface area contributed by atoms with E-state index in [4.69, 9.17) is 4.74 Å². The van der Waals surface area contributed by atoms with E-state index in [0.717, 1.165) is 10.2 Å². The number of aromatic nitrogens is 1. The minimum atomic E-state index is -0.578. The van der Waals surface area contributed by atoms with Gasteiger partial charge in [-0.1, -0.05) is 23.5 Å². The van der Waals surface area contributed by atoms with E-state index in [2.05, 4.69) is 11.6 Å². The van der Waals surface area contributed by atoms with Crippen molar-refractivity contribution in [1.29, 1.82) is 0 Å². The number of fused-ring (bicyclic) bond motifs is 1. The molecule has 0 aliphatic rings. The first-order valence-electron chi connectivity index (χ1n) is 9.11. The van der Waals surface area contributed by atoms with Crippen molar-refractivity contribution in [3.8, 4) is 0 Å². The van der Waals surface area contributed by atoms with Crippen LogP contribution in [0.5, 0.6) is 0 Å². The molecule has 30 heavy (non-hydrogen) atoms. The van der Waals surface area contributed by atoms with Crippen molar-refractivity contribution in [3.05, 3.63) is 80.7 Å². The summed E-state index contributed by atoms with van der Waals surface area (Å²) in [5.74, 6) is -1.00. The standard InChI is InChI=1S/C21H19N3O5S/c1-4-11-23-17-10-9-14(20(26)29-5-2)12-18(17)30-21(23)22-19(25)15-7-6-8-16(13(15)3)24(27)28/h4,6-10,12H,1,5,11H2,2-3H3. The van der Waals surface area contributed by atoms with E-state index in [-0.39, 0.29) is 23.4 Å².